The highest BCUT2D eigenvalue weighted by Gasteiger charge is 2.54. The van der Waals surface area contributed by atoms with Crippen molar-refractivity contribution in [2.45, 2.75) is 49.1 Å². The molecule has 0 spiro atoms. The summed E-state index contributed by atoms with van der Waals surface area (Å²) in [6.45, 7) is -1.62. The highest BCUT2D eigenvalue weighted by atomic mass is 35.5. The van der Waals surface area contributed by atoms with E-state index in [0.717, 1.165) is 6.33 Å². The molecule has 24 heteroatoms. The van der Waals surface area contributed by atoms with E-state index in [9.17, 15) is 29.1 Å². The third kappa shape index (κ3) is 5.72. The number of nitrogen functional groups attached to an aromatic ring is 1. The minimum absolute atomic E-state index is 0.0409. The first-order chi connectivity index (χ1) is 21.7. The first-order valence-electron chi connectivity index (χ1n) is 13.2. The Morgan fingerprint density at radius 2 is 1.52 bits per heavy atom. The summed E-state index contributed by atoms with van der Waals surface area (Å²) in [7, 11) is -10.2. The van der Waals surface area contributed by atoms with Crippen LogP contribution in [-0.4, -0.2) is 98.9 Å². The molecule has 3 fully saturated rings. The number of anilines is 1. The average molecular weight is 745 g/mol. The topological polar surface area (TPSA) is 258 Å². The van der Waals surface area contributed by atoms with Crippen molar-refractivity contribution in [3.63, 3.8) is 0 Å². The Hall–Kier alpha value is -2.03. The number of nitrogens with two attached hydrogens (primary N) is 1. The lowest BCUT2D eigenvalue weighted by Gasteiger charge is -2.26. The fraction of sp³-hybridized carbons (Fsp3) is 0.455. The number of benzene rings is 1. The van der Waals surface area contributed by atoms with Gasteiger partial charge >= 0.3 is 15.6 Å². The van der Waals surface area contributed by atoms with Gasteiger partial charge < -0.3 is 35.2 Å². The lowest BCUT2D eigenvalue weighted by Crippen LogP contribution is -2.36. The zero-order valence-corrected chi connectivity index (χ0v) is 26.7. The van der Waals surface area contributed by atoms with Gasteiger partial charge in [0.2, 0.25) is 5.28 Å². The average Bonchev–Trinajstić information content (AvgIpc) is 3.71. The molecule has 6 unspecified atom stereocenters. The predicted octanol–water partition coefficient (Wildman–Crippen LogP) is 1.95. The molecule has 7 rings (SSSR count). The second kappa shape index (κ2) is 11.8. The van der Waals surface area contributed by atoms with E-state index in [4.69, 9.17) is 68.1 Å². The van der Waals surface area contributed by atoms with Crippen molar-refractivity contribution in [2.24, 2.45) is 0 Å². The number of rotatable bonds is 2. The van der Waals surface area contributed by atoms with Crippen LogP contribution in [0.3, 0.4) is 0 Å². The maximum absolute atomic E-state index is 13.3. The second-order valence-electron chi connectivity index (χ2n) is 10.4. The Morgan fingerprint density at radius 1 is 0.870 bits per heavy atom. The molecule has 3 saturated heterocycles. The molecule has 10 atom stereocenters. The van der Waals surface area contributed by atoms with Crippen LogP contribution in [0.15, 0.2) is 24.8 Å². The third-order valence-corrected chi connectivity index (χ3v) is 10.5. The third-order valence-electron chi connectivity index (χ3n) is 7.54. The molecule has 6 heterocycles. The van der Waals surface area contributed by atoms with Crippen molar-refractivity contribution in [1.29, 1.82) is 0 Å². The van der Waals surface area contributed by atoms with Gasteiger partial charge in [0, 0.05) is 0 Å². The molecular formula is C22H22Cl3N7O12P2. The van der Waals surface area contributed by atoms with Crippen LogP contribution in [0.25, 0.3) is 22.2 Å². The molecule has 2 bridgehead atoms. The van der Waals surface area contributed by atoms with Gasteiger partial charge in [-0.2, -0.15) is 0 Å². The summed E-state index contributed by atoms with van der Waals surface area (Å²) in [4.78, 5) is 37.6. The molecule has 0 saturated carbocycles. The number of ether oxygens (including phenoxy) is 2. The summed E-state index contributed by atoms with van der Waals surface area (Å²) < 4.78 is 61.6. The Kier molecular flexibility index (Phi) is 8.37. The molecule has 3 aliphatic rings. The maximum Gasteiger partial charge on any atom is 0.472 e. The maximum atomic E-state index is 13.3. The number of imidazole rings is 2. The minimum Gasteiger partial charge on any atom is -0.387 e. The van der Waals surface area contributed by atoms with Crippen molar-refractivity contribution in [1.82, 2.24) is 29.1 Å². The molecule has 0 aliphatic carbocycles. The van der Waals surface area contributed by atoms with Crippen molar-refractivity contribution in [3.05, 3.63) is 40.1 Å². The van der Waals surface area contributed by atoms with Gasteiger partial charge in [0.15, 0.2) is 23.9 Å². The minimum atomic E-state index is -5.10. The number of phosphoric ester groups is 2. The van der Waals surface area contributed by atoms with Gasteiger partial charge in [-0.3, -0.25) is 27.2 Å². The van der Waals surface area contributed by atoms with E-state index < -0.39 is 77.9 Å². The summed E-state index contributed by atoms with van der Waals surface area (Å²) in [5.74, 6) is 0.0409. The van der Waals surface area contributed by atoms with Gasteiger partial charge in [-0.25, -0.2) is 29.1 Å². The van der Waals surface area contributed by atoms with Crippen molar-refractivity contribution >= 4 is 78.5 Å². The lowest BCUT2D eigenvalue weighted by atomic mass is 10.1. The van der Waals surface area contributed by atoms with Crippen molar-refractivity contribution in [3.8, 4) is 0 Å². The number of hydrogen-bond donors (Lipinski definition) is 5. The van der Waals surface area contributed by atoms with Crippen LogP contribution in [0.2, 0.25) is 15.3 Å². The SMILES string of the molecule is Nc1ncnc2c1ncn2[C@@H]1O[C@@H]2COP(=O)(O)OC3C(O)[C@@H](COP(=O)(O)OC2C1O)O[C@H]3n1c(Cl)nc2cc(Cl)c(Cl)cc21. The van der Waals surface area contributed by atoms with Gasteiger partial charge in [-0.05, 0) is 23.7 Å². The Morgan fingerprint density at radius 3 is 2.26 bits per heavy atom. The van der Waals surface area contributed by atoms with Gasteiger partial charge in [-0.1, -0.05) is 23.2 Å². The highest BCUT2D eigenvalue weighted by molar-refractivity contribution is 7.47. The largest absolute Gasteiger partial charge is 0.472 e. The molecule has 4 aromatic rings. The first kappa shape index (κ1) is 32.5. The summed E-state index contributed by atoms with van der Waals surface area (Å²) in [6, 6.07) is 2.82. The number of halogens is 3. The van der Waals surface area contributed by atoms with E-state index in [2.05, 4.69) is 19.9 Å². The van der Waals surface area contributed by atoms with Gasteiger partial charge in [0.05, 0.1) is 40.6 Å². The van der Waals surface area contributed by atoms with E-state index in [1.165, 1.54) is 27.6 Å². The smallest absolute Gasteiger partial charge is 0.387 e. The zero-order valence-electron chi connectivity index (χ0n) is 22.7. The number of fused-ring (bicyclic) bond motifs is 5. The van der Waals surface area contributed by atoms with E-state index in [-0.39, 0.29) is 43.3 Å². The molecule has 1 aromatic carbocycles. The van der Waals surface area contributed by atoms with Crippen LogP contribution in [0.4, 0.5) is 5.82 Å². The quantitative estimate of drug-likeness (QED) is 0.184. The number of phosphoric acid groups is 2. The fourth-order valence-electron chi connectivity index (χ4n) is 5.45. The Bertz CT molecular complexity index is 1930. The molecule has 3 aromatic heterocycles. The van der Waals surface area contributed by atoms with Crippen LogP contribution in [0.5, 0.6) is 0 Å². The summed E-state index contributed by atoms with van der Waals surface area (Å²) in [5.41, 5.74) is 6.69. The molecule has 0 radical (unpaired) electrons. The fourth-order valence-corrected chi connectivity index (χ4v) is 7.95. The van der Waals surface area contributed by atoms with Gasteiger partial charge in [0.25, 0.3) is 0 Å². The highest BCUT2D eigenvalue weighted by Crippen LogP contribution is 2.54. The molecular weight excluding hydrogens is 723 g/mol. The van der Waals surface area contributed by atoms with E-state index >= 15 is 0 Å². The van der Waals surface area contributed by atoms with Gasteiger partial charge in [-0.15, -0.1) is 0 Å². The summed E-state index contributed by atoms with van der Waals surface area (Å²) in [5, 5.41) is 22.3. The normalized spacial score (nSPS) is 37.2. The molecule has 0 amide bonds. The molecule has 19 nitrogen and oxygen atoms in total. The number of aliphatic hydroxyl groups excluding tert-OH is 2. The zero-order chi connectivity index (χ0) is 32.7. The van der Waals surface area contributed by atoms with E-state index in [0.29, 0.717) is 0 Å². The molecule has 46 heavy (non-hydrogen) atoms. The second-order valence-corrected chi connectivity index (χ2v) is 14.3. The summed E-state index contributed by atoms with van der Waals surface area (Å²) >= 11 is 18.7. The van der Waals surface area contributed by atoms with Crippen LogP contribution in [-0.2, 0) is 36.7 Å². The first-order valence-corrected chi connectivity index (χ1v) is 17.3. The van der Waals surface area contributed by atoms with E-state index in [1.54, 1.807) is 0 Å². The number of aromatic nitrogens is 6. The van der Waals surface area contributed by atoms with E-state index in [1.807, 2.05) is 0 Å². The van der Waals surface area contributed by atoms with Crippen LogP contribution in [0.1, 0.15) is 12.5 Å². The monoisotopic (exact) mass is 743 g/mol. The summed E-state index contributed by atoms with van der Waals surface area (Å²) in [6.07, 6.45) is -10.1. The van der Waals surface area contributed by atoms with Crippen LogP contribution in [0, 0.1) is 0 Å². The number of aliphatic hydroxyl groups is 2. The van der Waals surface area contributed by atoms with Crippen molar-refractivity contribution in [2.75, 3.05) is 18.9 Å². The van der Waals surface area contributed by atoms with Crippen LogP contribution < -0.4 is 5.73 Å². The van der Waals surface area contributed by atoms with Crippen molar-refractivity contribution < 1.29 is 56.7 Å². The Balaban J connectivity index is 1.21. The lowest BCUT2D eigenvalue weighted by molar-refractivity contribution is -0.0670. The molecule has 248 valence electrons. The standard InChI is InChI=1S/C22H22Cl3N7O12P2/c23-7-1-9-10(2-8(7)24)32(22(25)30-9)21-17-14(33)11(41-21)3-39-45(35,36)43-16-12(4-40-46(37,38)44-17)42-20(15(16)34)31-6-29-13-18(26)27-5-28-19(13)31/h1-2,5-6,11-12,14-17,20-21,33-34H,3-4H2,(H,35,36)(H,37,38)(H2,26,27,28)/t11-,12-,14?,15?,16?,17?,20-,21-/m1/s1. The predicted molar refractivity (Wildman–Crippen MR) is 156 cm³/mol. The molecule has 6 N–H and O–H groups in total. The molecule has 3 aliphatic heterocycles. The van der Waals surface area contributed by atoms with Crippen LogP contribution >= 0.6 is 50.4 Å². The number of nitrogens with zero attached hydrogens (tertiary/aromatic N) is 6. The number of hydrogen-bond acceptors (Lipinski definition) is 15. The Labute approximate surface area is 271 Å². The van der Waals surface area contributed by atoms with Gasteiger partial charge in [0.1, 0.15) is 48.5 Å².